The summed E-state index contributed by atoms with van der Waals surface area (Å²) in [5.74, 6) is 0. The minimum atomic E-state index is -3.93. The average Bonchev–Trinajstić information content (AvgIpc) is 2.98. The zero-order valence-corrected chi connectivity index (χ0v) is 14.4. The number of hydrogen-bond acceptors (Lipinski definition) is 4. The summed E-state index contributed by atoms with van der Waals surface area (Å²) in [5, 5.41) is 8.18. The molecule has 0 fully saturated rings. The van der Waals surface area contributed by atoms with Crippen LogP contribution >= 0.6 is 11.6 Å². The zero-order chi connectivity index (χ0) is 17.3. The van der Waals surface area contributed by atoms with Gasteiger partial charge in [0.05, 0.1) is 15.2 Å². The van der Waals surface area contributed by atoms with E-state index in [1.54, 1.807) is 37.3 Å². The van der Waals surface area contributed by atoms with Gasteiger partial charge in [-0.05, 0) is 36.8 Å². The highest BCUT2D eigenvalue weighted by molar-refractivity contribution is 7.90. The Morgan fingerprint density at radius 2 is 1.88 bits per heavy atom. The van der Waals surface area contributed by atoms with Gasteiger partial charge in [0, 0.05) is 11.6 Å². The molecule has 7 nitrogen and oxygen atoms in total. The second kappa shape index (κ2) is 6.21. The molecule has 3 aromatic rings. The first-order chi connectivity index (χ1) is 11.4. The van der Waals surface area contributed by atoms with Gasteiger partial charge in [0.2, 0.25) is 15.7 Å². The van der Waals surface area contributed by atoms with Crippen LogP contribution in [0.15, 0.2) is 56.3 Å². The van der Waals surface area contributed by atoms with Crippen molar-refractivity contribution in [3.8, 4) is 5.69 Å². The maximum atomic E-state index is 12.3. The largest absolute Gasteiger partial charge is 0.360 e. The van der Waals surface area contributed by atoms with E-state index in [9.17, 15) is 8.42 Å². The first kappa shape index (κ1) is 16.4. The number of sulfonamides is 1. The molecule has 0 atom stereocenters. The van der Waals surface area contributed by atoms with Crippen molar-refractivity contribution >= 4 is 21.6 Å². The van der Waals surface area contributed by atoms with E-state index in [2.05, 4.69) is 14.8 Å². The third-order valence-electron chi connectivity index (χ3n) is 3.35. The molecule has 0 aliphatic carbocycles. The lowest BCUT2D eigenvalue weighted by molar-refractivity contribution is -0.730. The lowest BCUT2D eigenvalue weighted by atomic mass is 10.2. The Kier molecular flexibility index (Phi) is 4.25. The van der Waals surface area contributed by atoms with Crippen molar-refractivity contribution in [1.29, 1.82) is 0 Å². The third kappa shape index (κ3) is 3.24. The molecule has 24 heavy (non-hydrogen) atoms. The van der Waals surface area contributed by atoms with Gasteiger partial charge < -0.3 is 4.52 Å². The van der Waals surface area contributed by atoms with E-state index in [1.807, 2.05) is 6.92 Å². The molecule has 0 unspecified atom stereocenters. The van der Waals surface area contributed by atoms with Crippen LogP contribution in [-0.4, -0.2) is 13.7 Å². The molecule has 0 amide bonds. The van der Waals surface area contributed by atoms with Crippen molar-refractivity contribution in [2.45, 2.75) is 18.7 Å². The van der Waals surface area contributed by atoms with Crippen molar-refractivity contribution in [1.82, 2.24) is 10.4 Å². The fourth-order valence-corrected chi connectivity index (χ4v) is 3.03. The molecular weight excluding hydrogens is 352 g/mol. The molecule has 0 saturated carbocycles. The SMILES string of the molecule is Cc1ccc(S(=O)(=O)/N=c2\[n-][n+](-c3cccc(Cl)c3C)no2)cc1. The first-order valence-electron chi connectivity index (χ1n) is 6.93. The highest BCUT2D eigenvalue weighted by Crippen LogP contribution is 2.17. The molecule has 0 bridgehead atoms. The standard InChI is InChI=1S/C15H13ClN4O3S/c1-10-6-8-12(9-7-10)24(21,22)18-15-17-20(19-23-15)14-5-3-4-13(16)11(14)2/h3-9H,1-2H3/b18-15+. The van der Waals surface area contributed by atoms with Gasteiger partial charge in [-0.15, -0.1) is 0 Å². The molecule has 0 spiro atoms. The molecule has 0 saturated heterocycles. The van der Waals surface area contributed by atoms with Crippen molar-refractivity contribution in [2.75, 3.05) is 0 Å². The summed E-state index contributed by atoms with van der Waals surface area (Å²) in [6, 6.07) is 11.5. The summed E-state index contributed by atoms with van der Waals surface area (Å²) < 4.78 is 33.0. The van der Waals surface area contributed by atoms with Gasteiger partial charge in [-0.3, -0.25) is 0 Å². The lowest BCUT2D eigenvalue weighted by Gasteiger charge is -2.00. The topological polar surface area (TPSA) is 90.5 Å². The van der Waals surface area contributed by atoms with Gasteiger partial charge >= 0.3 is 0 Å². The normalized spacial score (nSPS) is 12.5. The van der Waals surface area contributed by atoms with Crippen LogP contribution in [0, 0.1) is 13.8 Å². The number of aromatic nitrogens is 3. The minimum absolute atomic E-state index is 0.0526. The maximum Gasteiger partial charge on any atom is 0.261 e. The van der Waals surface area contributed by atoms with Gasteiger partial charge in [-0.25, -0.2) is 12.8 Å². The van der Waals surface area contributed by atoms with Crippen molar-refractivity contribution in [3.05, 3.63) is 64.3 Å². The highest BCUT2D eigenvalue weighted by atomic mass is 35.5. The van der Waals surface area contributed by atoms with E-state index in [-0.39, 0.29) is 10.6 Å². The Morgan fingerprint density at radius 1 is 1.17 bits per heavy atom. The molecular formula is C15H13ClN4O3S. The molecule has 0 N–H and O–H groups in total. The van der Waals surface area contributed by atoms with Crippen LogP contribution < -0.4 is 15.6 Å². The van der Waals surface area contributed by atoms with Crippen LogP contribution in [-0.2, 0) is 10.0 Å². The zero-order valence-electron chi connectivity index (χ0n) is 12.8. The van der Waals surface area contributed by atoms with E-state index in [1.165, 1.54) is 12.1 Å². The lowest BCUT2D eigenvalue weighted by Crippen LogP contribution is -2.41. The summed E-state index contributed by atoms with van der Waals surface area (Å²) in [4.78, 5) is 1.20. The monoisotopic (exact) mass is 364 g/mol. The quantitative estimate of drug-likeness (QED) is 0.656. The highest BCUT2D eigenvalue weighted by Gasteiger charge is 2.14. The van der Waals surface area contributed by atoms with Gasteiger partial charge in [-0.2, -0.15) is 0 Å². The third-order valence-corrected chi connectivity index (χ3v) is 5.03. The van der Waals surface area contributed by atoms with E-state index >= 15 is 0 Å². The number of benzene rings is 2. The summed E-state index contributed by atoms with van der Waals surface area (Å²) in [6.45, 7) is 3.66. The predicted molar refractivity (Wildman–Crippen MR) is 85.0 cm³/mol. The van der Waals surface area contributed by atoms with Crippen molar-refractivity contribution in [3.63, 3.8) is 0 Å². The van der Waals surface area contributed by atoms with E-state index in [0.717, 1.165) is 15.9 Å². The number of rotatable bonds is 3. The number of aryl methyl sites for hydroxylation is 1. The Balaban J connectivity index is 2.02. The summed E-state index contributed by atoms with van der Waals surface area (Å²) in [5.41, 5.74) is 1.88. The van der Waals surface area contributed by atoms with E-state index in [0.29, 0.717) is 10.7 Å². The number of hydrogen-bond donors (Lipinski definition) is 0. The van der Waals surface area contributed by atoms with Gasteiger partial charge in [0.15, 0.2) is 0 Å². The summed E-state index contributed by atoms with van der Waals surface area (Å²) in [7, 11) is -3.93. The van der Waals surface area contributed by atoms with Gasteiger partial charge in [0.1, 0.15) is 0 Å². The predicted octanol–water partition coefficient (Wildman–Crippen LogP) is 1.47. The Hall–Kier alpha value is -2.45. The molecule has 3 rings (SSSR count). The smallest absolute Gasteiger partial charge is 0.261 e. The molecule has 0 aliphatic heterocycles. The minimum Gasteiger partial charge on any atom is -0.360 e. The molecule has 1 heterocycles. The van der Waals surface area contributed by atoms with Crippen molar-refractivity contribution < 1.29 is 17.7 Å². The molecule has 2 aromatic carbocycles. The first-order valence-corrected chi connectivity index (χ1v) is 8.75. The second-order valence-corrected chi connectivity index (χ2v) is 7.12. The van der Waals surface area contributed by atoms with Gasteiger partial charge in [0.25, 0.3) is 5.68 Å². The van der Waals surface area contributed by atoms with Gasteiger partial charge in [-0.1, -0.05) is 40.5 Å². The summed E-state index contributed by atoms with van der Waals surface area (Å²) >= 11 is 6.05. The number of halogens is 1. The molecule has 1 aromatic heterocycles. The fourth-order valence-electron chi connectivity index (χ4n) is 2.00. The average molecular weight is 365 g/mol. The van der Waals surface area contributed by atoms with Crippen LogP contribution in [0.25, 0.3) is 5.69 Å². The fraction of sp³-hybridized carbons (Fsp3) is 0.133. The number of nitrogens with zero attached hydrogens (tertiary/aromatic N) is 4. The molecule has 124 valence electrons. The maximum absolute atomic E-state index is 12.3. The Morgan fingerprint density at radius 3 is 2.58 bits per heavy atom. The van der Waals surface area contributed by atoms with Crippen LogP contribution in [0.1, 0.15) is 11.1 Å². The second-order valence-electron chi connectivity index (χ2n) is 5.11. The van der Waals surface area contributed by atoms with E-state index in [4.69, 9.17) is 16.1 Å². The Labute approximate surface area is 143 Å². The summed E-state index contributed by atoms with van der Waals surface area (Å²) in [6.07, 6.45) is 0. The molecule has 9 heteroatoms. The molecule has 0 radical (unpaired) electrons. The van der Waals surface area contributed by atoms with Crippen LogP contribution in [0.4, 0.5) is 0 Å². The van der Waals surface area contributed by atoms with Crippen molar-refractivity contribution in [2.24, 2.45) is 4.40 Å². The molecule has 0 aliphatic rings. The van der Waals surface area contributed by atoms with Crippen LogP contribution in [0.3, 0.4) is 0 Å². The Bertz CT molecular complexity index is 1050. The van der Waals surface area contributed by atoms with Crippen LogP contribution in [0.5, 0.6) is 0 Å². The van der Waals surface area contributed by atoms with Crippen LogP contribution in [0.2, 0.25) is 5.02 Å². The van der Waals surface area contributed by atoms with E-state index < -0.39 is 10.0 Å².